The van der Waals surface area contributed by atoms with Crippen LogP contribution in [0, 0.1) is 0 Å². The SMILES string of the molecule is O=C1CC(C(=O)NC2CCCCC2)(c2cccc(Br)c2)N1CC1COc2ccccc2O1. The molecule has 2 heterocycles. The molecule has 2 atom stereocenters. The van der Waals surface area contributed by atoms with E-state index >= 15 is 0 Å². The number of nitrogens with zero attached hydrogens (tertiary/aromatic N) is 1. The van der Waals surface area contributed by atoms with Crippen LogP contribution >= 0.6 is 15.9 Å². The number of rotatable bonds is 5. The zero-order chi connectivity index (χ0) is 22.1. The molecule has 0 aromatic heterocycles. The van der Waals surface area contributed by atoms with Gasteiger partial charge in [-0.3, -0.25) is 9.59 Å². The van der Waals surface area contributed by atoms with Crippen molar-refractivity contribution in [2.45, 2.75) is 56.2 Å². The lowest BCUT2D eigenvalue weighted by Crippen LogP contribution is -2.70. The zero-order valence-corrected chi connectivity index (χ0v) is 19.5. The average Bonchev–Trinajstić information content (AvgIpc) is 2.81. The molecular formula is C25H27BrN2O4. The number of para-hydroxylation sites is 2. The van der Waals surface area contributed by atoms with E-state index in [0.29, 0.717) is 18.1 Å². The number of ether oxygens (including phenoxy) is 2. The molecule has 2 aromatic carbocycles. The van der Waals surface area contributed by atoms with Gasteiger partial charge in [0.25, 0.3) is 5.91 Å². The summed E-state index contributed by atoms with van der Waals surface area (Å²) in [6, 6.07) is 15.4. The molecule has 2 aliphatic heterocycles. The fraction of sp³-hybridized carbons (Fsp3) is 0.440. The molecule has 7 heteroatoms. The lowest BCUT2D eigenvalue weighted by Gasteiger charge is -2.52. The Labute approximate surface area is 196 Å². The molecule has 32 heavy (non-hydrogen) atoms. The summed E-state index contributed by atoms with van der Waals surface area (Å²) in [6.07, 6.45) is 5.27. The average molecular weight is 499 g/mol. The van der Waals surface area contributed by atoms with Gasteiger partial charge in [-0.05, 0) is 42.7 Å². The Hall–Kier alpha value is -2.54. The molecule has 0 bridgehead atoms. The largest absolute Gasteiger partial charge is 0.486 e. The van der Waals surface area contributed by atoms with Crippen LogP contribution in [0.1, 0.15) is 44.1 Å². The van der Waals surface area contributed by atoms with Crippen LogP contribution in [0.5, 0.6) is 11.5 Å². The van der Waals surface area contributed by atoms with Crippen molar-refractivity contribution in [1.29, 1.82) is 0 Å². The van der Waals surface area contributed by atoms with Crippen molar-refractivity contribution in [3.63, 3.8) is 0 Å². The molecule has 2 amide bonds. The van der Waals surface area contributed by atoms with Gasteiger partial charge in [0.2, 0.25) is 5.91 Å². The van der Waals surface area contributed by atoms with Gasteiger partial charge in [-0.25, -0.2) is 0 Å². The molecule has 3 aliphatic rings. The van der Waals surface area contributed by atoms with E-state index in [1.165, 1.54) is 6.42 Å². The van der Waals surface area contributed by atoms with Crippen LogP contribution in [0.4, 0.5) is 0 Å². The Kier molecular flexibility index (Phi) is 5.84. The Bertz CT molecular complexity index is 1020. The second kappa shape index (κ2) is 8.77. The van der Waals surface area contributed by atoms with Crippen LogP contribution in [-0.2, 0) is 15.1 Å². The van der Waals surface area contributed by atoms with Gasteiger partial charge in [0.1, 0.15) is 6.61 Å². The summed E-state index contributed by atoms with van der Waals surface area (Å²) in [7, 11) is 0. The van der Waals surface area contributed by atoms with E-state index in [-0.39, 0.29) is 36.9 Å². The van der Waals surface area contributed by atoms with Crippen LogP contribution in [0.2, 0.25) is 0 Å². The van der Waals surface area contributed by atoms with Gasteiger partial charge in [-0.1, -0.05) is 59.5 Å². The van der Waals surface area contributed by atoms with Crippen molar-refractivity contribution in [1.82, 2.24) is 10.2 Å². The van der Waals surface area contributed by atoms with E-state index < -0.39 is 5.54 Å². The Morgan fingerprint density at radius 3 is 2.62 bits per heavy atom. The van der Waals surface area contributed by atoms with Gasteiger partial charge in [-0.15, -0.1) is 0 Å². The van der Waals surface area contributed by atoms with Crippen molar-refractivity contribution in [2.75, 3.05) is 13.2 Å². The Morgan fingerprint density at radius 2 is 1.88 bits per heavy atom. The molecule has 0 radical (unpaired) electrons. The van der Waals surface area contributed by atoms with Gasteiger partial charge in [0.15, 0.2) is 23.1 Å². The minimum Gasteiger partial charge on any atom is -0.486 e. The van der Waals surface area contributed by atoms with Crippen molar-refractivity contribution >= 4 is 27.7 Å². The van der Waals surface area contributed by atoms with E-state index in [9.17, 15) is 9.59 Å². The predicted molar refractivity (Wildman–Crippen MR) is 124 cm³/mol. The van der Waals surface area contributed by atoms with Crippen LogP contribution in [-0.4, -0.2) is 42.0 Å². The Morgan fingerprint density at radius 1 is 1.09 bits per heavy atom. The number of carbonyl (C=O) groups excluding carboxylic acids is 2. The fourth-order valence-electron chi connectivity index (χ4n) is 5.03. The van der Waals surface area contributed by atoms with Gasteiger partial charge >= 0.3 is 0 Å². The summed E-state index contributed by atoms with van der Waals surface area (Å²) < 4.78 is 12.8. The van der Waals surface area contributed by atoms with Crippen LogP contribution in [0.3, 0.4) is 0 Å². The fourth-order valence-corrected chi connectivity index (χ4v) is 5.43. The van der Waals surface area contributed by atoms with Crippen LogP contribution in [0.15, 0.2) is 53.0 Å². The molecule has 2 unspecified atom stereocenters. The maximum Gasteiger partial charge on any atom is 0.251 e. The first kappa shape index (κ1) is 21.3. The first-order valence-electron chi connectivity index (χ1n) is 11.3. The molecule has 1 saturated carbocycles. The van der Waals surface area contributed by atoms with E-state index in [1.54, 1.807) is 4.90 Å². The number of carbonyl (C=O) groups is 2. The molecule has 2 aromatic rings. The maximum atomic E-state index is 13.7. The standard InChI is InChI=1S/C25H27BrN2O4/c26-18-8-6-7-17(13-18)25(24(30)27-19-9-2-1-3-10-19)14-23(29)28(25)15-20-16-31-21-11-4-5-12-22(21)32-20/h4-8,11-13,19-20H,1-3,9-10,14-16H2,(H,27,30). The zero-order valence-electron chi connectivity index (χ0n) is 17.9. The summed E-state index contributed by atoms with van der Waals surface area (Å²) >= 11 is 3.53. The quantitative estimate of drug-likeness (QED) is 0.628. The molecule has 0 spiro atoms. The summed E-state index contributed by atoms with van der Waals surface area (Å²) in [5, 5.41) is 3.26. The summed E-state index contributed by atoms with van der Waals surface area (Å²) in [4.78, 5) is 28.3. The normalized spacial score (nSPS) is 25.2. The van der Waals surface area contributed by atoms with Gasteiger partial charge < -0.3 is 19.7 Å². The number of halogens is 1. The number of fused-ring (bicyclic) bond motifs is 1. The highest BCUT2D eigenvalue weighted by Crippen LogP contribution is 2.44. The smallest absolute Gasteiger partial charge is 0.251 e. The monoisotopic (exact) mass is 498 g/mol. The number of benzene rings is 2. The van der Waals surface area contributed by atoms with E-state index in [1.807, 2.05) is 48.5 Å². The molecule has 1 saturated heterocycles. The minimum atomic E-state index is -1.03. The highest BCUT2D eigenvalue weighted by atomic mass is 79.9. The van der Waals surface area contributed by atoms with Crippen molar-refractivity contribution in [3.05, 3.63) is 58.6 Å². The molecule has 6 nitrogen and oxygen atoms in total. The summed E-state index contributed by atoms with van der Waals surface area (Å²) in [6.45, 7) is 0.622. The second-order valence-corrected chi connectivity index (χ2v) is 9.77. The third-order valence-electron chi connectivity index (χ3n) is 6.74. The highest BCUT2D eigenvalue weighted by molar-refractivity contribution is 9.10. The molecule has 2 fully saturated rings. The van der Waals surface area contributed by atoms with Crippen LogP contribution < -0.4 is 14.8 Å². The first-order valence-corrected chi connectivity index (χ1v) is 12.1. The van der Waals surface area contributed by atoms with Gasteiger partial charge in [0, 0.05) is 10.5 Å². The molecule has 168 valence electrons. The van der Waals surface area contributed by atoms with E-state index in [4.69, 9.17) is 9.47 Å². The molecular weight excluding hydrogens is 472 g/mol. The highest BCUT2D eigenvalue weighted by Gasteiger charge is 2.58. The van der Waals surface area contributed by atoms with Gasteiger partial charge in [0.05, 0.1) is 13.0 Å². The number of amides is 2. The van der Waals surface area contributed by atoms with Crippen molar-refractivity contribution in [3.8, 4) is 11.5 Å². The first-order chi connectivity index (χ1) is 15.6. The third-order valence-corrected chi connectivity index (χ3v) is 7.23. The number of β-lactam (4-membered cyclic amide) rings is 1. The minimum absolute atomic E-state index is 0.0498. The lowest BCUT2D eigenvalue weighted by molar-refractivity contribution is -0.171. The molecule has 1 N–H and O–H groups in total. The van der Waals surface area contributed by atoms with Crippen molar-refractivity contribution < 1.29 is 19.1 Å². The van der Waals surface area contributed by atoms with E-state index in [0.717, 1.165) is 35.7 Å². The van der Waals surface area contributed by atoms with Crippen LogP contribution in [0.25, 0.3) is 0 Å². The third kappa shape index (κ3) is 3.87. The van der Waals surface area contributed by atoms with Crippen molar-refractivity contribution in [2.24, 2.45) is 0 Å². The summed E-state index contributed by atoms with van der Waals surface area (Å²) in [5.41, 5.74) is -0.213. The van der Waals surface area contributed by atoms with E-state index in [2.05, 4.69) is 21.2 Å². The predicted octanol–water partition coefficient (Wildman–Crippen LogP) is 4.17. The number of hydrogen-bond acceptors (Lipinski definition) is 4. The number of hydrogen-bond donors (Lipinski definition) is 1. The Balaban J connectivity index is 1.42. The molecule has 5 rings (SSSR count). The summed E-state index contributed by atoms with van der Waals surface area (Å²) in [5.74, 6) is 1.22. The van der Waals surface area contributed by atoms with Gasteiger partial charge in [-0.2, -0.15) is 0 Å². The topological polar surface area (TPSA) is 67.9 Å². The second-order valence-electron chi connectivity index (χ2n) is 8.86. The molecule has 1 aliphatic carbocycles. The number of nitrogens with one attached hydrogen (secondary N) is 1. The number of likely N-dealkylation sites (tertiary alicyclic amines) is 1. The maximum absolute atomic E-state index is 13.7. The lowest BCUT2D eigenvalue weighted by atomic mass is 9.76.